The summed E-state index contributed by atoms with van der Waals surface area (Å²) in [4.78, 5) is 62.3. The molecule has 7 N–H and O–H groups in total. The van der Waals surface area contributed by atoms with Crippen LogP contribution in [0.4, 0.5) is 4.39 Å². The number of nitrogens with two attached hydrogens (primary N) is 1. The van der Waals surface area contributed by atoms with Gasteiger partial charge in [-0.15, -0.1) is 0 Å². The number of fused-ring (bicyclic) bond motifs is 3. The zero-order valence-corrected chi connectivity index (χ0v) is 31.8. The lowest BCUT2D eigenvalue weighted by molar-refractivity contribution is -0.161. The second-order valence-electron chi connectivity index (χ2n) is 14.7. The fraction of sp³-hybridized carbons (Fsp3) is 0.273. The van der Waals surface area contributed by atoms with Crippen LogP contribution in [-0.2, 0) is 33.6 Å². The van der Waals surface area contributed by atoms with Gasteiger partial charge in [-0.3, -0.25) is 14.4 Å². The summed E-state index contributed by atoms with van der Waals surface area (Å²) in [7, 11) is 2.62. The molecule has 7 rings (SSSR count). The lowest BCUT2D eigenvalue weighted by Crippen LogP contribution is -2.69. The zero-order valence-electron chi connectivity index (χ0n) is 31.8. The third-order valence-corrected chi connectivity index (χ3v) is 11.1. The molecule has 0 saturated carbocycles. The average Bonchev–Trinajstić information content (AvgIpc) is 3.73. The highest BCUT2D eigenvalue weighted by Crippen LogP contribution is 2.40. The Hall–Kier alpha value is -6.47. The number of hydrogen-bond donors (Lipinski definition) is 6. The molecule has 0 saturated heterocycles. The van der Waals surface area contributed by atoms with Gasteiger partial charge >= 0.3 is 5.97 Å². The van der Waals surface area contributed by atoms with Crippen molar-refractivity contribution in [3.8, 4) is 16.9 Å². The minimum absolute atomic E-state index is 0.0203. The van der Waals surface area contributed by atoms with Gasteiger partial charge in [0.15, 0.2) is 0 Å². The number of amides is 3. The maximum Gasteiger partial charge on any atom is 0.332 e. The van der Waals surface area contributed by atoms with Crippen LogP contribution in [0, 0.1) is 11.7 Å². The normalized spacial score (nSPS) is 15.3. The Bertz CT molecular complexity index is 2520. The van der Waals surface area contributed by atoms with Gasteiger partial charge in [-0.2, -0.15) is 0 Å². The molecular weight excluding hydrogens is 730 g/mol. The summed E-state index contributed by atoms with van der Waals surface area (Å²) in [5.74, 6) is -5.13. The van der Waals surface area contributed by atoms with Crippen LogP contribution in [-0.4, -0.2) is 70.7 Å². The van der Waals surface area contributed by atoms with Gasteiger partial charge in [0.25, 0.3) is 11.8 Å². The minimum Gasteiger partial charge on any atom is -0.492 e. The second-order valence-corrected chi connectivity index (χ2v) is 14.7. The summed E-state index contributed by atoms with van der Waals surface area (Å²) in [6, 6.07) is 22.1. The first-order valence-corrected chi connectivity index (χ1v) is 18.7. The molecule has 6 aromatic rings. The molecule has 3 amide bonds. The molecule has 0 spiro atoms. The molecule has 4 aromatic carbocycles. The topological polar surface area (TPSA) is 189 Å². The summed E-state index contributed by atoms with van der Waals surface area (Å²) in [6.07, 6.45) is 5.05. The predicted octanol–water partition coefficient (Wildman–Crippen LogP) is 5.51. The largest absolute Gasteiger partial charge is 0.492 e. The second kappa shape index (κ2) is 15.6. The van der Waals surface area contributed by atoms with E-state index in [0.717, 1.165) is 34.3 Å². The average molecular weight is 774 g/mol. The van der Waals surface area contributed by atoms with Crippen LogP contribution < -0.4 is 21.1 Å². The van der Waals surface area contributed by atoms with E-state index in [1.54, 1.807) is 18.5 Å². The molecule has 294 valence electrons. The molecule has 1 aliphatic rings. The lowest BCUT2D eigenvalue weighted by atomic mass is 9.67. The number of aromatic nitrogens is 2. The number of para-hydroxylation sites is 2. The van der Waals surface area contributed by atoms with E-state index in [4.69, 9.17) is 15.2 Å². The monoisotopic (exact) mass is 773 g/mol. The van der Waals surface area contributed by atoms with Crippen molar-refractivity contribution in [1.29, 1.82) is 0 Å². The molecular formula is C44H44FN5O7. The number of carbonyl (C=O) groups is 4. The number of nitrogens with one attached hydrogen (secondary N) is 4. The number of primary amides is 1. The maximum absolute atomic E-state index is 15.2. The van der Waals surface area contributed by atoms with Crippen molar-refractivity contribution in [1.82, 2.24) is 20.6 Å². The predicted molar refractivity (Wildman–Crippen MR) is 213 cm³/mol. The number of aryl methyl sites for hydroxylation is 1. The number of methoxy groups -OCH3 is 1. The van der Waals surface area contributed by atoms with Gasteiger partial charge < -0.3 is 40.9 Å². The Balaban J connectivity index is 1.45. The van der Waals surface area contributed by atoms with Crippen molar-refractivity contribution >= 4 is 45.5 Å². The Morgan fingerprint density at radius 1 is 0.912 bits per heavy atom. The third kappa shape index (κ3) is 7.33. The Morgan fingerprint density at radius 3 is 2.23 bits per heavy atom. The summed E-state index contributed by atoms with van der Waals surface area (Å²) >= 11 is 0. The van der Waals surface area contributed by atoms with Crippen molar-refractivity contribution in [2.24, 2.45) is 11.7 Å². The summed E-state index contributed by atoms with van der Waals surface area (Å²) in [6.45, 7) is 1.54. The number of aromatic amines is 2. The smallest absolute Gasteiger partial charge is 0.332 e. The number of benzene rings is 4. The van der Waals surface area contributed by atoms with Crippen molar-refractivity contribution < 1.29 is 38.1 Å². The van der Waals surface area contributed by atoms with Crippen LogP contribution in [0.3, 0.4) is 0 Å². The number of rotatable bonds is 12. The molecule has 12 nitrogen and oxygen atoms in total. The highest BCUT2D eigenvalue weighted by molar-refractivity contribution is 6.03. The number of esters is 1. The number of carbonyl (C=O) groups excluding carboxylic acids is 4. The van der Waals surface area contributed by atoms with Gasteiger partial charge in [-0.25, -0.2) is 9.18 Å². The fourth-order valence-electron chi connectivity index (χ4n) is 8.10. The van der Waals surface area contributed by atoms with Crippen LogP contribution in [0.1, 0.15) is 57.2 Å². The Morgan fingerprint density at radius 2 is 1.56 bits per heavy atom. The van der Waals surface area contributed by atoms with Crippen LogP contribution in [0.15, 0.2) is 91.3 Å². The van der Waals surface area contributed by atoms with E-state index in [9.17, 15) is 19.5 Å². The van der Waals surface area contributed by atoms with E-state index in [0.29, 0.717) is 47.3 Å². The number of H-pyrrole nitrogens is 2. The first kappa shape index (κ1) is 38.8. The first-order chi connectivity index (χ1) is 27.4. The van der Waals surface area contributed by atoms with E-state index < -0.39 is 46.6 Å². The molecule has 0 bridgehead atoms. The van der Waals surface area contributed by atoms with Gasteiger partial charge in [0, 0.05) is 59.1 Å². The van der Waals surface area contributed by atoms with E-state index in [-0.39, 0.29) is 29.7 Å². The third-order valence-electron chi connectivity index (χ3n) is 11.1. The van der Waals surface area contributed by atoms with E-state index >= 15 is 9.18 Å². The van der Waals surface area contributed by atoms with Gasteiger partial charge in [0.1, 0.15) is 22.7 Å². The Kier molecular flexibility index (Phi) is 10.6. The van der Waals surface area contributed by atoms with Crippen molar-refractivity contribution in [2.45, 2.75) is 50.2 Å². The fourth-order valence-corrected chi connectivity index (χ4v) is 8.10. The van der Waals surface area contributed by atoms with E-state index in [2.05, 4.69) is 20.6 Å². The number of halogens is 1. The molecule has 2 aromatic heterocycles. The molecule has 3 atom stereocenters. The first-order valence-electron chi connectivity index (χ1n) is 18.7. The van der Waals surface area contributed by atoms with Crippen molar-refractivity contribution in [3.05, 3.63) is 125 Å². The summed E-state index contributed by atoms with van der Waals surface area (Å²) < 4.78 is 26.8. The summed E-state index contributed by atoms with van der Waals surface area (Å²) in [5.41, 5.74) is 5.70. The van der Waals surface area contributed by atoms with Crippen molar-refractivity contribution in [2.75, 3.05) is 20.8 Å². The molecule has 1 unspecified atom stereocenters. The number of hydrogen-bond acceptors (Lipinski definition) is 7. The summed E-state index contributed by atoms with van der Waals surface area (Å²) in [5, 5.41) is 19.2. The van der Waals surface area contributed by atoms with Crippen LogP contribution >= 0.6 is 0 Å². The highest BCUT2D eigenvalue weighted by atomic mass is 19.1. The van der Waals surface area contributed by atoms with Gasteiger partial charge in [-0.05, 0) is 103 Å². The van der Waals surface area contributed by atoms with E-state index in [1.807, 2.05) is 48.5 Å². The maximum atomic E-state index is 15.2. The number of aliphatic hydroxyl groups is 1. The van der Waals surface area contributed by atoms with Gasteiger partial charge in [0.2, 0.25) is 5.91 Å². The molecule has 3 heterocycles. The Labute approximate surface area is 327 Å². The minimum atomic E-state index is -2.40. The standard InChI is InChI=1S/C44H44FN5O7/c1-43(55,41(46)53)37(21-29-23-48-35-13-6-4-11-32(29)35)44(42(54)56-3,22-30-24-49-36-14-7-5-12-33(30)36)50-40(52)34-20-27(16-25-10-8-9-15-57-38(25)34)26-17-28(39(51)47-2)19-31(45)18-26/h4-7,11-14,16-20,23-24,37,48-49,55H,8-10,15,21-22H2,1-3H3,(H2,46,53)(H,47,51)(H,50,52)/t37-,43+,44?/m0/s1. The van der Waals surface area contributed by atoms with Crippen LogP contribution in [0.2, 0.25) is 0 Å². The van der Waals surface area contributed by atoms with Crippen LogP contribution in [0.25, 0.3) is 32.9 Å². The van der Waals surface area contributed by atoms with E-state index in [1.165, 1.54) is 39.3 Å². The van der Waals surface area contributed by atoms with Crippen molar-refractivity contribution in [3.63, 3.8) is 0 Å². The highest BCUT2D eigenvalue weighted by Gasteiger charge is 2.57. The zero-order chi connectivity index (χ0) is 40.5. The van der Waals surface area contributed by atoms with Crippen LogP contribution in [0.5, 0.6) is 5.75 Å². The molecule has 0 fully saturated rings. The molecule has 1 aliphatic heterocycles. The molecule has 57 heavy (non-hydrogen) atoms. The van der Waals surface area contributed by atoms with Gasteiger partial charge in [-0.1, -0.05) is 36.4 Å². The molecule has 13 heteroatoms. The molecule has 0 radical (unpaired) electrons. The van der Waals surface area contributed by atoms with Gasteiger partial charge in [0.05, 0.1) is 19.3 Å². The lowest BCUT2D eigenvalue weighted by Gasteiger charge is -2.44. The quantitative estimate of drug-likeness (QED) is 0.0885. The SMILES string of the molecule is CNC(=O)c1cc(F)cc(-c2cc3c(c(C(=O)NC(Cc4c[nH]c5ccccc45)(C(=O)OC)[C@@H](Cc4c[nH]c5ccccc45)[C@@](C)(O)C(N)=O)c2)OCCCC3)c1. The number of ether oxygens (including phenoxy) is 2. The molecule has 0 aliphatic carbocycles.